The van der Waals surface area contributed by atoms with E-state index in [2.05, 4.69) is 10.4 Å². The molecule has 0 radical (unpaired) electrons. The molecule has 8 nitrogen and oxygen atoms in total. The molecule has 1 aromatic heterocycles. The van der Waals surface area contributed by atoms with Crippen molar-refractivity contribution in [1.29, 1.82) is 0 Å². The number of nitrogens with zero attached hydrogens (tertiary/aromatic N) is 2. The predicted octanol–water partition coefficient (Wildman–Crippen LogP) is 3.12. The van der Waals surface area contributed by atoms with Gasteiger partial charge in [0.05, 0.1) is 11.2 Å². The van der Waals surface area contributed by atoms with Crippen molar-refractivity contribution in [2.24, 2.45) is 5.92 Å². The Hall–Kier alpha value is -3.30. The maximum atomic E-state index is 14.5. The van der Waals surface area contributed by atoms with Gasteiger partial charge in [-0.15, -0.1) is 0 Å². The predicted molar refractivity (Wildman–Crippen MR) is 112 cm³/mol. The molecule has 10 heteroatoms. The average molecular weight is 461 g/mol. The zero-order valence-electron chi connectivity index (χ0n) is 18.4. The lowest BCUT2D eigenvalue weighted by atomic mass is 10.1. The molecule has 2 aliphatic rings. The number of esters is 1. The Morgan fingerprint density at radius 1 is 1.27 bits per heavy atom. The zero-order chi connectivity index (χ0) is 23.9. The minimum Gasteiger partial charge on any atom is -0.481 e. The lowest BCUT2D eigenvalue weighted by molar-refractivity contribution is -0.145. The third-order valence-electron chi connectivity index (χ3n) is 5.93. The molecule has 2 atom stereocenters. The van der Waals surface area contributed by atoms with Crippen LogP contribution in [0.3, 0.4) is 0 Å². The first-order valence-electron chi connectivity index (χ1n) is 10.8. The Labute approximate surface area is 188 Å². The van der Waals surface area contributed by atoms with Gasteiger partial charge in [0.2, 0.25) is 0 Å². The van der Waals surface area contributed by atoms with Crippen molar-refractivity contribution in [3.63, 3.8) is 0 Å². The second-order valence-corrected chi connectivity index (χ2v) is 9.27. The monoisotopic (exact) mass is 461 g/mol. The Morgan fingerprint density at radius 3 is 2.73 bits per heavy atom. The Balaban J connectivity index is 1.47. The van der Waals surface area contributed by atoms with E-state index in [-0.39, 0.29) is 43.2 Å². The van der Waals surface area contributed by atoms with Gasteiger partial charge in [-0.2, -0.15) is 5.10 Å². The number of amides is 1. The first-order valence-corrected chi connectivity index (χ1v) is 10.8. The number of rotatable bonds is 9. The Morgan fingerprint density at radius 2 is 2.03 bits per heavy atom. The van der Waals surface area contributed by atoms with Gasteiger partial charge in [0.25, 0.3) is 5.91 Å². The van der Waals surface area contributed by atoms with E-state index < -0.39 is 35.0 Å². The summed E-state index contributed by atoms with van der Waals surface area (Å²) in [6.45, 7) is 3.26. The van der Waals surface area contributed by atoms with Crippen molar-refractivity contribution in [3.8, 4) is 5.69 Å². The molecule has 0 bridgehead atoms. The van der Waals surface area contributed by atoms with Gasteiger partial charge in [-0.3, -0.25) is 14.4 Å². The first kappa shape index (κ1) is 22.9. The summed E-state index contributed by atoms with van der Waals surface area (Å²) in [6, 6.07) is 3.25. The summed E-state index contributed by atoms with van der Waals surface area (Å²) in [5.74, 6) is -2.85. The second kappa shape index (κ2) is 8.57. The number of hydrogen-bond donors (Lipinski definition) is 2. The summed E-state index contributed by atoms with van der Waals surface area (Å²) in [7, 11) is 0. The van der Waals surface area contributed by atoms with E-state index in [0.717, 1.165) is 29.8 Å². The number of carbonyl (C=O) groups excluding carboxylic acids is 2. The van der Waals surface area contributed by atoms with Crippen LogP contribution >= 0.6 is 0 Å². The Kier molecular flexibility index (Phi) is 5.94. The topological polar surface area (TPSA) is 111 Å². The van der Waals surface area contributed by atoms with Crippen LogP contribution in [0.15, 0.2) is 18.2 Å². The molecule has 4 rings (SSSR count). The van der Waals surface area contributed by atoms with Crippen molar-refractivity contribution in [3.05, 3.63) is 46.8 Å². The fraction of sp³-hybridized carbons (Fsp3) is 0.478. The van der Waals surface area contributed by atoms with Crippen LogP contribution in [0.25, 0.3) is 5.69 Å². The Bertz CT molecular complexity index is 1130. The van der Waals surface area contributed by atoms with Gasteiger partial charge in [0.1, 0.15) is 18.1 Å². The summed E-state index contributed by atoms with van der Waals surface area (Å²) in [6.07, 6.45) is 1.64. The highest BCUT2D eigenvalue weighted by Gasteiger charge is 2.50. The van der Waals surface area contributed by atoms with Crippen molar-refractivity contribution < 1.29 is 33.0 Å². The fourth-order valence-corrected chi connectivity index (χ4v) is 4.25. The summed E-state index contributed by atoms with van der Waals surface area (Å²) in [4.78, 5) is 35.4. The number of ether oxygens (including phenoxy) is 1. The van der Waals surface area contributed by atoms with E-state index in [1.54, 1.807) is 13.8 Å². The second-order valence-electron chi connectivity index (χ2n) is 9.27. The van der Waals surface area contributed by atoms with E-state index >= 15 is 0 Å². The molecular formula is C23H25F2N3O5. The molecule has 2 aliphatic carbocycles. The summed E-state index contributed by atoms with van der Waals surface area (Å²) < 4.78 is 34.4. The van der Waals surface area contributed by atoms with Crippen molar-refractivity contribution >= 4 is 17.8 Å². The summed E-state index contributed by atoms with van der Waals surface area (Å²) in [5, 5.41) is 15.8. The van der Waals surface area contributed by atoms with Crippen LogP contribution in [0.4, 0.5) is 8.78 Å². The summed E-state index contributed by atoms with van der Waals surface area (Å²) >= 11 is 0. The number of fused-ring (bicyclic) bond motifs is 3. The van der Waals surface area contributed by atoms with Gasteiger partial charge in [-0.05, 0) is 51.2 Å². The largest absolute Gasteiger partial charge is 0.481 e. The van der Waals surface area contributed by atoms with Gasteiger partial charge in [0, 0.05) is 30.4 Å². The van der Waals surface area contributed by atoms with Crippen molar-refractivity contribution in [2.75, 3.05) is 6.61 Å². The van der Waals surface area contributed by atoms with E-state index in [1.807, 2.05) is 0 Å². The average Bonchev–Trinajstić information content (AvgIpc) is 3.22. The molecule has 1 aromatic carbocycles. The lowest BCUT2D eigenvalue weighted by Crippen LogP contribution is -2.47. The fourth-order valence-electron chi connectivity index (χ4n) is 4.25. The molecule has 1 heterocycles. The van der Waals surface area contributed by atoms with Crippen LogP contribution in [-0.4, -0.2) is 44.9 Å². The van der Waals surface area contributed by atoms with Gasteiger partial charge < -0.3 is 15.2 Å². The van der Waals surface area contributed by atoms with Crippen LogP contribution in [0.2, 0.25) is 0 Å². The number of benzene rings is 1. The van der Waals surface area contributed by atoms with Gasteiger partial charge in [-0.1, -0.05) is 0 Å². The first-order chi connectivity index (χ1) is 15.6. The molecule has 2 N–H and O–H groups in total. The van der Waals surface area contributed by atoms with Crippen LogP contribution in [0.1, 0.15) is 67.2 Å². The number of carboxylic acids is 1. The molecule has 0 spiro atoms. The van der Waals surface area contributed by atoms with Crippen LogP contribution in [-0.2, 0) is 20.7 Å². The number of carbonyl (C=O) groups is 3. The van der Waals surface area contributed by atoms with Gasteiger partial charge >= 0.3 is 11.9 Å². The number of nitrogens with one attached hydrogen (secondary N) is 1. The maximum absolute atomic E-state index is 14.5. The van der Waals surface area contributed by atoms with Crippen LogP contribution < -0.4 is 5.32 Å². The number of aliphatic carboxylic acids is 1. The van der Waals surface area contributed by atoms with E-state index in [9.17, 15) is 23.2 Å². The molecule has 2 aromatic rings. The smallest absolute Gasteiger partial charge is 0.305 e. The molecule has 0 aliphatic heterocycles. The molecule has 176 valence electrons. The molecule has 33 heavy (non-hydrogen) atoms. The van der Waals surface area contributed by atoms with Crippen LogP contribution in [0.5, 0.6) is 0 Å². The third kappa shape index (κ3) is 4.89. The SMILES string of the molecule is CC(C)(COC(=O)CCCC(=O)O)NC(=O)c1nn(-c2ccc(F)cc2F)c2c1C[C@H]1C[C@@H]21. The molecule has 1 amide bonds. The van der Waals surface area contributed by atoms with E-state index in [4.69, 9.17) is 9.84 Å². The zero-order valence-corrected chi connectivity index (χ0v) is 18.4. The molecule has 0 saturated heterocycles. The molecule has 1 saturated carbocycles. The highest BCUT2D eigenvalue weighted by molar-refractivity contribution is 5.95. The lowest BCUT2D eigenvalue weighted by Gasteiger charge is -2.25. The number of aromatic nitrogens is 2. The van der Waals surface area contributed by atoms with Gasteiger partial charge in [0.15, 0.2) is 11.5 Å². The normalized spacial score (nSPS) is 18.4. The molecule has 1 fully saturated rings. The van der Waals surface area contributed by atoms with Crippen molar-refractivity contribution in [1.82, 2.24) is 15.1 Å². The molecule has 0 unspecified atom stereocenters. The minimum atomic E-state index is -0.986. The van der Waals surface area contributed by atoms with E-state index in [0.29, 0.717) is 12.3 Å². The quantitative estimate of drug-likeness (QED) is 0.555. The standard InChI is InChI=1S/C23H25F2N3O5/c1-23(2,11-33-19(31)5-3-4-18(29)30)26-22(32)20-15-9-12-8-14(12)21(15)28(27-20)17-7-6-13(24)10-16(17)25/h6-7,10,12,14H,3-5,8-9,11H2,1-2H3,(H,26,32)(H,29,30)/t12-,14-/m1/s1. The van der Waals surface area contributed by atoms with Gasteiger partial charge in [-0.25, -0.2) is 13.5 Å². The minimum absolute atomic E-state index is 0.0275. The third-order valence-corrected chi connectivity index (χ3v) is 5.93. The number of hydrogen-bond acceptors (Lipinski definition) is 5. The highest BCUT2D eigenvalue weighted by atomic mass is 19.1. The van der Waals surface area contributed by atoms with Crippen LogP contribution in [0, 0.1) is 17.6 Å². The van der Waals surface area contributed by atoms with Crippen molar-refractivity contribution in [2.45, 2.75) is 57.4 Å². The number of halogens is 2. The maximum Gasteiger partial charge on any atom is 0.305 e. The highest BCUT2D eigenvalue weighted by Crippen LogP contribution is 2.57. The number of carboxylic acid groups (broad SMARTS) is 1. The summed E-state index contributed by atoms with van der Waals surface area (Å²) in [5.41, 5.74) is 0.909. The van der Waals surface area contributed by atoms with E-state index in [1.165, 1.54) is 10.7 Å². The molecular weight excluding hydrogens is 436 g/mol.